The minimum atomic E-state index is 0.701. The van der Waals surface area contributed by atoms with Crippen LogP contribution in [0.15, 0.2) is 0 Å². The standard InChI is InChI=1S/C7H12N.C3H7.Cr/c1-3-4-7(2)5-6-8;1-3-2;/h7H,2-5H2,1H3;1,3H2,2H3;. The zero-order valence-corrected chi connectivity index (χ0v) is 9.45. The zero-order chi connectivity index (χ0) is 9.23. The number of hydrogen-bond donors (Lipinski definition) is 0. The first-order valence-electron chi connectivity index (χ1n) is 4.79. The molecule has 0 aromatic rings. The fourth-order valence-electron chi connectivity index (χ4n) is 1.18. The Morgan fingerprint density at radius 2 is 2.08 bits per heavy atom. The van der Waals surface area contributed by atoms with Crippen molar-refractivity contribution >= 4 is 0 Å². The average molecular weight is 205 g/mol. The molecule has 0 aliphatic carbocycles. The monoisotopic (exact) mass is 205 g/mol. The van der Waals surface area contributed by atoms with Crippen LogP contribution >= 0.6 is 0 Å². The average Bonchev–Trinajstić information content (AvgIpc) is 2.06. The number of nitriles is 1. The van der Waals surface area contributed by atoms with Gasteiger partial charge in [-0.15, -0.1) is 0 Å². The molecule has 0 bridgehead atoms. The summed E-state index contributed by atoms with van der Waals surface area (Å²) in [5, 5.41) is 11.3. The quantitative estimate of drug-likeness (QED) is 0.582. The van der Waals surface area contributed by atoms with Crippen LogP contribution < -0.4 is 0 Å². The number of nitrogens with zero attached hydrogens (tertiary/aromatic N) is 1. The Labute approximate surface area is 82.9 Å². The van der Waals surface area contributed by atoms with Gasteiger partial charge in [-0.1, -0.05) is 0 Å². The Kier molecular flexibility index (Phi) is 9.13. The van der Waals surface area contributed by atoms with E-state index in [9.17, 15) is 0 Å². The first kappa shape index (κ1) is 12.0. The van der Waals surface area contributed by atoms with Crippen LogP contribution in [0.3, 0.4) is 0 Å². The fourth-order valence-corrected chi connectivity index (χ4v) is 2.85. The van der Waals surface area contributed by atoms with Gasteiger partial charge in [0.2, 0.25) is 0 Å². The van der Waals surface area contributed by atoms with E-state index in [1.54, 1.807) is 0 Å². The number of hydrogen-bond acceptors (Lipinski definition) is 1. The molecule has 0 aromatic heterocycles. The van der Waals surface area contributed by atoms with E-state index < -0.39 is 0 Å². The SMILES string of the molecule is CC[CH2][Cr][CH2]C(CC#N)CCC. The maximum atomic E-state index is 8.58. The molecule has 1 unspecified atom stereocenters. The summed E-state index contributed by atoms with van der Waals surface area (Å²) >= 11 is 0.797. The molecule has 0 spiro atoms. The second-order valence-electron chi connectivity index (χ2n) is 3.09. The Bertz CT molecular complexity index is 128. The van der Waals surface area contributed by atoms with Crippen molar-refractivity contribution in [3.63, 3.8) is 0 Å². The van der Waals surface area contributed by atoms with E-state index >= 15 is 0 Å². The van der Waals surface area contributed by atoms with Crippen LogP contribution in [0.25, 0.3) is 0 Å². The first-order valence-corrected chi connectivity index (χ1v) is 6.60. The molecule has 0 N–H and O–H groups in total. The summed E-state index contributed by atoms with van der Waals surface area (Å²) in [4.78, 5) is 0. The first-order chi connectivity index (χ1) is 5.85. The molecule has 0 amide bonds. The van der Waals surface area contributed by atoms with Crippen LogP contribution in [-0.2, 0) is 15.2 Å². The molecule has 0 saturated carbocycles. The molecule has 0 saturated heterocycles. The second kappa shape index (κ2) is 9.11. The van der Waals surface area contributed by atoms with Crippen molar-refractivity contribution in [1.29, 1.82) is 5.26 Å². The van der Waals surface area contributed by atoms with Gasteiger partial charge < -0.3 is 0 Å². The topological polar surface area (TPSA) is 23.8 Å². The van der Waals surface area contributed by atoms with Crippen LogP contribution in [-0.4, -0.2) is 0 Å². The summed E-state index contributed by atoms with van der Waals surface area (Å²) in [5.41, 5.74) is 0. The molecule has 0 aliphatic rings. The normalized spacial score (nSPS) is 12.4. The van der Waals surface area contributed by atoms with Gasteiger partial charge in [-0.2, -0.15) is 0 Å². The molecule has 0 aromatic carbocycles. The molecule has 0 radical (unpaired) electrons. The van der Waals surface area contributed by atoms with E-state index in [1.807, 2.05) is 0 Å². The van der Waals surface area contributed by atoms with Crippen molar-refractivity contribution in [2.75, 3.05) is 0 Å². The molecular formula is C10H19CrN. The van der Waals surface area contributed by atoms with Crippen molar-refractivity contribution in [3.05, 3.63) is 0 Å². The van der Waals surface area contributed by atoms with Gasteiger partial charge in [0.05, 0.1) is 0 Å². The van der Waals surface area contributed by atoms with Gasteiger partial charge in [0.15, 0.2) is 0 Å². The van der Waals surface area contributed by atoms with Crippen LogP contribution in [0.4, 0.5) is 0 Å². The van der Waals surface area contributed by atoms with E-state index in [0.717, 1.165) is 21.6 Å². The molecule has 1 atom stereocenters. The maximum absolute atomic E-state index is 8.58. The third kappa shape index (κ3) is 6.72. The van der Waals surface area contributed by atoms with Gasteiger partial charge in [-0.25, -0.2) is 0 Å². The van der Waals surface area contributed by atoms with E-state index in [-0.39, 0.29) is 0 Å². The Morgan fingerprint density at radius 3 is 2.58 bits per heavy atom. The van der Waals surface area contributed by atoms with Gasteiger partial charge in [0.25, 0.3) is 0 Å². The second-order valence-corrected chi connectivity index (χ2v) is 4.89. The van der Waals surface area contributed by atoms with Crippen LogP contribution in [0.5, 0.6) is 0 Å². The van der Waals surface area contributed by atoms with Gasteiger partial charge >= 0.3 is 82.6 Å². The van der Waals surface area contributed by atoms with Crippen molar-refractivity contribution < 1.29 is 15.2 Å². The van der Waals surface area contributed by atoms with Crippen LogP contribution in [0, 0.1) is 17.2 Å². The van der Waals surface area contributed by atoms with Crippen LogP contribution in [0.2, 0.25) is 10.6 Å². The fraction of sp³-hybridized carbons (Fsp3) is 0.900. The summed E-state index contributed by atoms with van der Waals surface area (Å²) in [7, 11) is 0. The summed E-state index contributed by atoms with van der Waals surface area (Å²) in [5.74, 6) is 0.701. The molecule has 0 fully saturated rings. The molecule has 0 heterocycles. The van der Waals surface area contributed by atoms with Gasteiger partial charge in [0.1, 0.15) is 0 Å². The third-order valence-corrected chi connectivity index (χ3v) is 3.97. The van der Waals surface area contributed by atoms with E-state index in [2.05, 4.69) is 19.9 Å². The van der Waals surface area contributed by atoms with Crippen molar-refractivity contribution in [2.45, 2.75) is 50.1 Å². The zero-order valence-electron chi connectivity index (χ0n) is 8.18. The van der Waals surface area contributed by atoms with Crippen molar-refractivity contribution in [2.24, 2.45) is 5.92 Å². The predicted molar refractivity (Wildman–Crippen MR) is 48.5 cm³/mol. The minimum absolute atomic E-state index is 0.701. The third-order valence-electron chi connectivity index (χ3n) is 1.78. The molecular weight excluding hydrogens is 186 g/mol. The number of rotatable bonds is 7. The molecule has 2 heteroatoms. The summed E-state index contributed by atoms with van der Waals surface area (Å²) in [6.07, 6.45) is 4.57. The molecule has 12 heavy (non-hydrogen) atoms. The van der Waals surface area contributed by atoms with Gasteiger partial charge in [0, 0.05) is 0 Å². The molecule has 0 aliphatic heterocycles. The Morgan fingerprint density at radius 1 is 1.33 bits per heavy atom. The summed E-state index contributed by atoms with van der Waals surface area (Å²) < 4.78 is 0. The van der Waals surface area contributed by atoms with E-state index in [4.69, 9.17) is 5.26 Å². The van der Waals surface area contributed by atoms with E-state index in [0.29, 0.717) is 5.92 Å². The Balaban J connectivity index is 3.42. The van der Waals surface area contributed by atoms with Crippen LogP contribution in [0.1, 0.15) is 39.5 Å². The van der Waals surface area contributed by atoms with Gasteiger partial charge in [-0.05, 0) is 0 Å². The molecule has 0 rings (SSSR count). The van der Waals surface area contributed by atoms with Gasteiger partial charge in [-0.3, -0.25) is 0 Å². The summed E-state index contributed by atoms with van der Waals surface area (Å²) in [6.45, 7) is 4.44. The van der Waals surface area contributed by atoms with Crippen molar-refractivity contribution in [1.82, 2.24) is 0 Å². The molecule has 1 nitrogen and oxygen atoms in total. The molecule has 70 valence electrons. The van der Waals surface area contributed by atoms with Crippen molar-refractivity contribution in [3.8, 4) is 6.07 Å². The predicted octanol–water partition coefficient (Wildman–Crippen LogP) is 3.65. The summed E-state index contributed by atoms with van der Waals surface area (Å²) in [6, 6.07) is 2.29. The van der Waals surface area contributed by atoms with E-state index in [1.165, 1.54) is 29.8 Å². The Hall–Kier alpha value is 0.0225.